The summed E-state index contributed by atoms with van der Waals surface area (Å²) in [5.74, 6) is -1.84. The Bertz CT molecular complexity index is 956. The van der Waals surface area contributed by atoms with Crippen LogP contribution in [-0.2, 0) is 14.3 Å². The summed E-state index contributed by atoms with van der Waals surface area (Å²) in [5.41, 5.74) is -0.333. The van der Waals surface area contributed by atoms with Crippen LogP contribution in [0.2, 0.25) is 0 Å². The molecule has 1 unspecified atom stereocenters. The van der Waals surface area contributed by atoms with Gasteiger partial charge in [0.2, 0.25) is 0 Å². The Labute approximate surface area is 172 Å². The number of aromatic nitrogens is 1. The van der Waals surface area contributed by atoms with Gasteiger partial charge in [0.1, 0.15) is 11.3 Å². The molecule has 0 aliphatic carbocycles. The van der Waals surface area contributed by atoms with Crippen LogP contribution in [0.4, 0.5) is 14.5 Å². The van der Waals surface area contributed by atoms with Crippen molar-refractivity contribution in [2.75, 3.05) is 37.7 Å². The summed E-state index contributed by atoms with van der Waals surface area (Å²) in [4.78, 5) is 31.9. The number of benzene rings is 1. The quantitative estimate of drug-likeness (QED) is 0.750. The predicted octanol–water partition coefficient (Wildman–Crippen LogP) is 2.26. The molecule has 2 aliphatic rings. The highest BCUT2D eigenvalue weighted by atomic mass is 19.3. The summed E-state index contributed by atoms with van der Waals surface area (Å²) in [6, 6.07) is 11.7. The van der Waals surface area contributed by atoms with Gasteiger partial charge in [0.05, 0.1) is 26.3 Å². The van der Waals surface area contributed by atoms with E-state index in [1.807, 2.05) is 0 Å². The summed E-state index contributed by atoms with van der Waals surface area (Å²) in [5, 5.41) is 0. The van der Waals surface area contributed by atoms with Gasteiger partial charge in [0.25, 0.3) is 5.91 Å². The fraction of sp³-hybridized carbons (Fsp3) is 0.381. The number of aryl methyl sites for hydroxylation is 1. The van der Waals surface area contributed by atoms with Gasteiger partial charge in [0.15, 0.2) is 0 Å². The van der Waals surface area contributed by atoms with Gasteiger partial charge in [-0.3, -0.25) is 19.3 Å². The second-order valence-electron chi connectivity index (χ2n) is 7.48. The number of pyridine rings is 1. The van der Waals surface area contributed by atoms with Gasteiger partial charge in [-0.15, -0.1) is 0 Å². The first-order chi connectivity index (χ1) is 14.3. The Hall–Kier alpha value is -2.91. The lowest BCUT2D eigenvalue weighted by molar-refractivity contribution is -0.293. The van der Waals surface area contributed by atoms with Crippen LogP contribution in [0.25, 0.3) is 0 Å². The zero-order valence-corrected chi connectivity index (χ0v) is 16.4. The lowest BCUT2D eigenvalue weighted by Crippen LogP contribution is -2.66. The molecule has 1 aromatic heterocycles. The maximum Gasteiger partial charge on any atom is 0.437 e. The van der Waals surface area contributed by atoms with E-state index in [2.05, 4.69) is 4.98 Å². The highest BCUT2D eigenvalue weighted by Crippen LogP contribution is 2.37. The van der Waals surface area contributed by atoms with Crippen LogP contribution in [0, 0.1) is 6.92 Å². The fourth-order valence-corrected chi connectivity index (χ4v) is 3.78. The number of morpholine rings is 1. The number of carbonyl (C=O) groups is 2. The second-order valence-corrected chi connectivity index (χ2v) is 7.48. The average molecular weight is 417 g/mol. The molecule has 3 heterocycles. The van der Waals surface area contributed by atoms with E-state index in [0.717, 1.165) is 4.90 Å². The largest absolute Gasteiger partial charge is 0.437 e. The predicted molar refractivity (Wildman–Crippen MR) is 103 cm³/mol. The maximum absolute atomic E-state index is 14.6. The molecule has 2 amide bonds. The van der Waals surface area contributed by atoms with E-state index < -0.39 is 23.5 Å². The minimum atomic E-state index is -4.04. The van der Waals surface area contributed by atoms with Gasteiger partial charge in [-0.1, -0.05) is 24.3 Å². The molecular formula is C21H21F2N3O4. The van der Waals surface area contributed by atoms with E-state index in [4.69, 9.17) is 9.47 Å². The van der Waals surface area contributed by atoms with E-state index in [-0.39, 0.29) is 38.5 Å². The van der Waals surface area contributed by atoms with Crippen molar-refractivity contribution < 1.29 is 27.8 Å². The van der Waals surface area contributed by atoms with Crippen LogP contribution in [0.5, 0.6) is 0 Å². The molecule has 9 heteroatoms. The molecule has 7 nitrogen and oxygen atoms in total. The van der Waals surface area contributed by atoms with Gasteiger partial charge in [0, 0.05) is 18.4 Å². The van der Waals surface area contributed by atoms with Gasteiger partial charge < -0.3 is 14.5 Å². The number of carbonyl (C=O) groups excluding carboxylic acids is 2. The van der Waals surface area contributed by atoms with E-state index >= 15 is 0 Å². The SMILES string of the molecule is Cc1cccnc1C(=O)N1CCOCC2(C1)CN(c1ccccc1)C(=O)C(F)(F)O2. The second kappa shape index (κ2) is 7.73. The topological polar surface area (TPSA) is 72.0 Å². The highest BCUT2D eigenvalue weighted by Gasteiger charge is 2.58. The lowest BCUT2D eigenvalue weighted by Gasteiger charge is -2.45. The molecule has 2 aromatic rings. The van der Waals surface area contributed by atoms with Crippen LogP contribution in [0.3, 0.4) is 0 Å². The van der Waals surface area contributed by atoms with Gasteiger partial charge in [-0.05, 0) is 30.7 Å². The Morgan fingerprint density at radius 2 is 1.90 bits per heavy atom. The highest BCUT2D eigenvalue weighted by molar-refractivity contribution is 5.98. The molecule has 158 valence electrons. The number of amides is 2. The van der Waals surface area contributed by atoms with Crippen molar-refractivity contribution in [1.82, 2.24) is 9.88 Å². The molecule has 0 radical (unpaired) electrons. The Kier molecular flexibility index (Phi) is 5.25. The first kappa shape index (κ1) is 20.4. The molecule has 1 spiro atoms. The molecule has 4 rings (SSSR count). The third-order valence-corrected chi connectivity index (χ3v) is 5.20. The molecular weight excluding hydrogens is 396 g/mol. The summed E-state index contributed by atoms with van der Waals surface area (Å²) in [7, 11) is 0. The number of halogens is 2. The Morgan fingerprint density at radius 3 is 2.63 bits per heavy atom. The first-order valence-corrected chi connectivity index (χ1v) is 9.55. The number of alkyl halides is 2. The molecule has 1 aromatic carbocycles. The van der Waals surface area contributed by atoms with Crippen molar-refractivity contribution in [3.8, 4) is 0 Å². The van der Waals surface area contributed by atoms with Gasteiger partial charge >= 0.3 is 12.0 Å². The molecule has 0 bridgehead atoms. The number of rotatable bonds is 2. The molecule has 2 saturated heterocycles. The van der Waals surface area contributed by atoms with Crippen LogP contribution >= 0.6 is 0 Å². The van der Waals surface area contributed by atoms with E-state index in [1.54, 1.807) is 49.4 Å². The minimum absolute atomic E-state index is 0.159. The van der Waals surface area contributed by atoms with Crippen LogP contribution in [0.15, 0.2) is 48.7 Å². The zero-order chi connectivity index (χ0) is 21.4. The number of hydrogen-bond acceptors (Lipinski definition) is 5. The minimum Gasteiger partial charge on any atom is -0.376 e. The fourth-order valence-electron chi connectivity index (χ4n) is 3.78. The van der Waals surface area contributed by atoms with Gasteiger partial charge in [-0.25, -0.2) is 0 Å². The number of hydrogen-bond donors (Lipinski definition) is 0. The summed E-state index contributed by atoms with van der Waals surface area (Å²) < 4.78 is 39.8. The third kappa shape index (κ3) is 3.78. The summed E-state index contributed by atoms with van der Waals surface area (Å²) in [6.07, 6.45) is -2.54. The molecule has 2 aliphatic heterocycles. The standard InChI is InChI=1S/C21H21F2N3O4/c1-15-6-5-9-24-17(15)18(27)25-10-11-29-14-20(12-25)13-26(16-7-3-2-4-8-16)19(28)21(22,23)30-20/h2-9H,10-14H2,1H3. The van der Waals surface area contributed by atoms with E-state index in [1.165, 1.54) is 11.1 Å². The number of ether oxygens (including phenoxy) is 2. The van der Waals surface area contributed by atoms with Gasteiger partial charge in [-0.2, -0.15) is 8.78 Å². The third-order valence-electron chi connectivity index (χ3n) is 5.20. The van der Waals surface area contributed by atoms with Crippen LogP contribution < -0.4 is 4.90 Å². The first-order valence-electron chi connectivity index (χ1n) is 9.55. The smallest absolute Gasteiger partial charge is 0.376 e. The van der Waals surface area contributed by atoms with Crippen molar-refractivity contribution in [1.29, 1.82) is 0 Å². The number of nitrogens with zero attached hydrogens (tertiary/aromatic N) is 3. The summed E-state index contributed by atoms with van der Waals surface area (Å²) >= 11 is 0. The Balaban J connectivity index is 1.66. The van der Waals surface area contributed by atoms with Crippen molar-refractivity contribution in [2.24, 2.45) is 0 Å². The van der Waals surface area contributed by atoms with Crippen molar-refractivity contribution in [3.05, 3.63) is 59.9 Å². The lowest BCUT2D eigenvalue weighted by atomic mass is 10.00. The monoisotopic (exact) mass is 417 g/mol. The zero-order valence-electron chi connectivity index (χ0n) is 16.4. The number of anilines is 1. The molecule has 2 fully saturated rings. The maximum atomic E-state index is 14.6. The van der Waals surface area contributed by atoms with E-state index in [0.29, 0.717) is 11.3 Å². The normalized spacial score (nSPS) is 24.0. The molecule has 0 N–H and O–H groups in total. The van der Waals surface area contributed by atoms with Crippen LogP contribution in [-0.4, -0.2) is 66.3 Å². The van der Waals surface area contributed by atoms with Crippen molar-refractivity contribution in [2.45, 2.75) is 18.6 Å². The Morgan fingerprint density at radius 1 is 1.13 bits per heavy atom. The van der Waals surface area contributed by atoms with Crippen LogP contribution in [0.1, 0.15) is 16.1 Å². The van der Waals surface area contributed by atoms with Crippen molar-refractivity contribution in [3.63, 3.8) is 0 Å². The summed E-state index contributed by atoms with van der Waals surface area (Å²) in [6.45, 7) is 1.61. The average Bonchev–Trinajstić information content (AvgIpc) is 2.93. The molecule has 0 saturated carbocycles. The number of para-hydroxylation sites is 1. The van der Waals surface area contributed by atoms with E-state index in [9.17, 15) is 18.4 Å². The molecule has 30 heavy (non-hydrogen) atoms. The molecule has 1 atom stereocenters. The van der Waals surface area contributed by atoms with Crippen molar-refractivity contribution >= 4 is 17.5 Å².